The van der Waals surface area contributed by atoms with Gasteiger partial charge in [-0.15, -0.1) is 0 Å². The number of methoxy groups -OCH3 is 1. The maximum atomic E-state index is 12.1. The van der Waals surface area contributed by atoms with Crippen LogP contribution in [0, 0.1) is 11.8 Å². The summed E-state index contributed by atoms with van der Waals surface area (Å²) in [5.74, 6) is -2.85. The molecule has 0 radical (unpaired) electrons. The molecule has 0 aromatic rings. The van der Waals surface area contributed by atoms with Crippen LogP contribution >= 0.6 is 0 Å². The molecule has 12 heteroatoms. The number of carbonyl (C=O) groups is 1. The van der Waals surface area contributed by atoms with Crippen LogP contribution in [0.15, 0.2) is 11.8 Å². The second-order valence-corrected chi connectivity index (χ2v) is 7.41. The van der Waals surface area contributed by atoms with Crippen LogP contribution in [0.1, 0.15) is 6.42 Å². The Morgan fingerprint density at radius 1 is 1.14 bits per heavy atom. The summed E-state index contributed by atoms with van der Waals surface area (Å²) in [6.45, 7) is -1.15. The standard InChI is InChI=1S/C17H26O12/c1-26-14(24)7-5-27-15(10-6(3-18)2-9(20)17(7,10)25)29-16-13(23)12(22)11(21)8(4-19)28-16/h5-6,8-13,15-16,18-23,25H,2-4H2,1H3/t6-,8-,9+,10+,11-,12+,13-,15+,16+,17+/m1/s1. The van der Waals surface area contributed by atoms with Crippen molar-refractivity contribution in [2.45, 2.75) is 55.1 Å². The van der Waals surface area contributed by atoms with E-state index in [4.69, 9.17) is 14.2 Å². The first kappa shape index (κ1) is 22.3. The van der Waals surface area contributed by atoms with E-state index in [9.17, 15) is 40.5 Å². The summed E-state index contributed by atoms with van der Waals surface area (Å²) in [7, 11) is 1.09. The minimum atomic E-state index is -2.17. The first-order valence-corrected chi connectivity index (χ1v) is 9.12. The Bertz CT molecular complexity index is 638. The Morgan fingerprint density at radius 3 is 2.41 bits per heavy atom. The van der Waals surface area contributed by atoms with Crippen LogP contribution in [0.3, 0.4) is 0 Å². The van der Waals surface area contributed by atoms with Crippen molar-refractivity contribution in [1.29, 1.82) is 0 Å². The zero-order valence-electron chi connectivity index (χ0n) is 15.6. The Balaban J connectivity index is 1.90. The van der Waals surface area contributed by atoms with Gasteiger partial charge in [0.2, 0.25) is 6.29 Å². The third-order valence-electron chi connectivity index (χ3n) is 5.85. The molecule has 1 saturated carbocycles. The predicted octanol–water partition coefficient (Wildman–Crippen LogP) is -4.06. The molecule has 12 nitrogen and oxygen atoms in total. The highest BCUT2D eigenvalue weighted by molar-refractivity contribution is 5.91. The Kier molecular flexibility index (Phi) is 6.48. The van der Waals surface area contributed by atoms with Gasteiger partial charge >= 0.3 is 5.97 Å². The molecule has 1 saturated heterocycles. The highest BCUT2D eigenvalue weighted by Crippen LogP contribution is 2.50. The zero-order chi connectivity index (χ0) is 21.5. The topological polar surface area (TPSA) is 196 Å². The van der Waals surface area contributed by atoms with Crippen molar-refractivity contribution in [3.05, 3.63) is 11.8 Å². The summed E-state index contributed by atoms with van der Waals surface area (Å²) in [5, 5.41) is 70.5. The number of carbonyl (C=O) groups excluding carboxylic acids is 1. The molecule has 2 aliphatic heterocycles. The summed E-state index contributed by atoms with van der Waals surface area (Å²) in [6, 6.07) is 0. The first-order chi connectivity index (χ1) is 13.7. The summed E-state index contributed by atoms with van der Waals surface area (Å²) >= 11 is 0. The monoisotopic (exact) mass is 422 g/mol. The molecule has 0 bridgehead atoms. The van der Waals surface area contributed by atoms with Gasteiger partial charge in [0.1, 0.15) is 35.6 Å². The van der Waals surface area contributed by atoms with E-state index in [0.29, 0.717) is 0 Å². The van der Waals surface area contributed by atoms with Crippen molar-refractivity contribution >= 4 is 5.97 Å². The van der Waals surface area contributed by atoms with E-state index in [1.807, 2.05) is 0 Å². The smallest absolute Gasteiger partial charge is 0.339 e. The Hall–Kier alpha value is -1.35. The lowest BCUT2D eigenvalue weighted by atomic mass is 9.78. The molecule has 0 spiro atoms. The molecule has 3 rings (SSSR count). The maximum Gasteiger partial charge on any atom is 0.339 e. The number of hydrogen-bond acceptors (Lipinski definition) is 12. The Labute approximate surface area is 165 Å². The van der Waals surface area contributed by atoms with Crippen molar-refractivity contribution in [2.24, 2.45) is 11.8 Å². The fourth-order valence-electron chi connectivity index (χ4n) is 4.24. The molecule has 2 heterocycles. The lowest BCUT2D eigenvalue weighted by molar-refractivity contribution is -0.348. The molecule has 3 aliphatic rings. The molecular formula is C17H26O12. The van der Waals surface area contributed by atoms with Crippen LogP contribution < -0.4 is 0 Å². The van der Waals surface area contributed by atoms with Gasteiger partial charge in [0.15, 0.2) is 6.29 Å². The van der Waals surface area contributed by atoms with Crippen LogP contribution in [0.5, 0.6) is 0 Å². The van der Waals surface area contributed by atoms with Crippen molar-refractivity contribution in [3.63, 3.8) is 0 Å². The largest absolute Gasteiger partial charge is 0.471 e. The predicted molar refractivity (Wildman–Crippen MR) is 89.5 cm³/mol. The SMILES string of the molecule is COC(=O)C1=CO[C@@H](O[C@@H]2O[C@H](CO)[C@@H](O)[C@H](O)[C@H]2O)[C@@H]2[C@@H](CO)C[C@H](O)[C@@]12O. The minimum absolute atomic E-state index is 0.0795. The van der Waals surface area contributed by atoms with Crippen LogP contribution in [0.25, 0.3) is 0 Å². The third-order valence-corrected chi connectivity index (χ3v) is 5.85. The molecule has 2 fully saturated rings. The molecule has 7 N–H and O–H groups in total. The van der Waals surface area contributed by atoms with Gasteiger partial charge in [-0.05, 0) is 12.3 Å². The fourth-order valence-corrected chi connectivity index (χ4v) is 4.24. The highest BCUT2D eigenvalue weighted by Gasteiger charge is 2.64. The number of esters is 1. The Morgan fingerprint density at radius 2 is 1.83 bits per heavy atom. The summed E-state index contributed by atoms with van der Waals surface area (Å²) in [6.07, 6.45) is -9.90. The number of ether oxygens (including phenoxy) is 4. The number of rotatable bonds is 5. The van der Waals surface area contributed by atoms with E-state index in [2.05, 4.69) is 4.74 Å². The second-order valence-electron chi connectivity index (χ2n) is 7.41. The van der Waals surface area contributed by atoms with Gasteiger partial charge in [0.25, 0.3) is 0 Å². The minimum Gasteiger partial charge on any atom is -0.471 e. The average Bonchev–Trinajstić information content (AvgIpc) is 2.99. The first-order valence-electron chi connectivity index (χ1n) is 9.12. The molecule has 0 aromatic carbocycles. The number of hydrogen-bond donors (Lipinski definition) is 7. The van der Waals surface area contributed by atoms with Gasteiger partial charge in [-0.25, -0.2) is 4.79 Å². The van der Waals surface area contributed by atoms with Crippen molar-refractivity contribution in [1.82, 2.24) is 0 Å². The van der Waals surface area contributed by atoms with Crippen molar-refractivity contribution in [3.8, 4) is 0 Å². The van der Waals surface area contributed by atoms with E-state index in [0.717, 1.165) is 13.4 Å². The fraction of sp³-hybridized carbons (Fsp3) is 0.824. The van der Waals surface area contributed by atoms with Gasteiger partial charge < -0.3 is 54.7 Å². The zero-order valence-corrected chi connectivity index (χ0v) is 15.6. The summed E-state index contributed by atoms with van der Waals surface area (Å²) < 4.78 is 20.8. The van der Waals surface area contributed by atoms with E-state index >= 15 is 0 Å². The van der Waals surface area contributed by atoms with Gasteiger partial charge in [-0.1, -0.05) is 0 Å². The van der Waals surface area contributed by atoms with E-state index < -0.39 is 79.7 Å². The van der Waals surface area contributed by atoms with Crippen LogP contribution in [-0.4, -0.2) is 111 Å². The highest BCUT2D eigenvalue weighted by atomic mass is 16.8. The normalized spacial score (nSPS) is 47.2. The molecule has 29 heavy (non-hydrogen) atoms. The third kappa shape index (κ3) is 3.54. The molecule has 166 valence electrons. The average molecular weight is 422 g/mol. The molecule has 1 aliphatic carbocycles. The van der Waals surface area contributed by atoms with E-state index in [-0.39, 0.29) is 12.0 Å². The van der Waals surface area contributed by atoms with Gasteiger partial charge in [0.05, 0.1) is 32.0 Å². The van der Waals surface area contributed by atoms with Gasteiger partial charge in [0, 0.05) is 6.61 Å². The maximum absolute atomic E-state index is 12.1. The van der Waals surface area contributed by atoms with Crippen LogP contribution in [0.2, 0.25) is 0 Å². The van der Waals surface area contributed by atoms with E-state index in [1.54, 1.807) is 0 Å². The molecule has 10 atom stereocenters. The quantitative estimate of drug-likeness (QED) is 0.212. The number of fused-ring (bicyclic) bond motifs is 1. The van der Waals surface area contributed by atoms with E-state index in [1.165, 1.54) is 0 Å². The lowest BCUT2D eigenvalue weighted by Crippen LogP contribution is -2.62. The van der Waals surface area contributed by atoms with Crippen LogP contribution in [0.4, 0.5) is 0 Å². The summed E-state index contributed by atoms with van der Waals surface area (Å²) in [4.78, 5) is 12.1. The van der Waals surface area contributed by atoms with Crippen molar-refractivity contribution < 1.29 is 59.5 Å². The molecular weight excluding hydrogens is 396 g/mol. The number of aliphatic hydroxyl groups excluding tert-OH is 6. The second kappa shape index (κ2) is 8.41. The lowest BCUT2D eigenvalue weighted by Gasteiger charge is -2.45. The number of aliphatic hydroxyl groups is 7. The molecule has 0 unspecified atom stereocenters. The van der Waals surface area contributed by atoms with Crippen LogP contribution in [-0.2, 0) is 23.7 Å². The van der Waals surface area contributed by atoms with Crippen molar-refractivity contribution in [2.75, 3.05) is 20.3 Å². The van der Waals surface area contributed by atoms with Gasteiger partial charge in [-0.3, -0.25) is 0 Å². The summed E-state index contributed by atoms with van der Waals surface area (Å²) in [5.41, 5.74) is -2.53. The molecule has 0 aromatic heterocycles. The van der Waals surface area contributed by atoms with Gasteiger partial charge in [-0.2, -0.15) is 0 Å². The molecule has 0 amide bonds.